The third-order valence-corrected chi connectivity index (χ3v) is 16.4. The summed E-state index contributed by atoms with van der Waals surface area (Å²) >= 11 is 0. The number of aromatic hydroxyl groups is 1. The average molecular weight is 1180 g/mol. The minimum Gasteiger partial charge on any atom is -0.508 e. The van der Waals surface area contributed by atoms with Gasteiger partial charge in [-0.05, 0) is 81.5 Å². The minimum atomic E-state index is -2.16. The number of hydrogen-bond donors (Lipinski definition) is 15. The summed E-state index contributed by atoms with van der Waals surface area (Å²) in [5.41, 5.74) is 11.3. The monoisotopic (exact) mass is 1180 g/mol. The van der Waals surface area contributed by atoms with Crippen molar-refractivity contribution in [1.82, 2.24) is 31.5 Å². The third-order valence-electron chi connectivity index (χ3n) is 16.4. The van der Waals surface area contributed by atoms with Crippen molar-refractivity contribution in [2.24, 2.45) is 41.1 Å². The fourth-order valence-corrected chi connectivity index (χ4v) is 11.4. The molecule has 2 saturated heterocycles. The number of unbranched alkanes of at least 4 members (excludes halogenated alkanes) is 5. The van der Waals surface area contributed by atoms with Gasteiger partial charge in [-0.3, -0.25) is 38.9 Å². The number of fused-ring (bicyclic) bond motifs is 2. The fraction of sp³-hybridized carbons (Fsp3) is 0.776. The van der Waals surface area contributed by atoms with E-state index in [1.807, 2.05) is 0 Å². The number of phenolic OH excluding ortho intramolecular Hbond substituents is 1. The van der Waals surface area contributed by atoms with E-state index in [4.69, 9.17) is 20.9 Å². The van der Waals surface area contributed by atoms with Crippen molar-refractivity contribution in [1.29, 1.82) is 0 Å². The molecule has 3 aliphatic rings. The summed E-state index contributed by atoms with van der Waals surface area (Å²) in [5, 5.41) is 104. The minimum absolute atomic E-state index is 0.0140. The van der Waals surface area contributed by atoms with Crippen LogP contribution in [0.3, 0.4) is 0 Å². The first-order valence-electron chi connectivity index (χ1n) is 29.9. The Hall–Kier alpha value is -4.77. The molecule has 0 aromatic heterocycles. The summed E-state index contributed by atoms with van der Waals surface area (Å²) in [5.74, 6) is -10.5. The highest BCUT2D eigenvalue weighted by Gasteiger charge is 2.50. The molecule has 4 rings (SSSR count). The summed E-state index contributed by atoms with van der Waals surface area (Å²) in [7, 11) is 0. The molecule has 83 heavy (non-hydrogen) atoms. The molecule has 0 spiro atoms. The van der Waals surface area contributed by atoms with Crippen molar-refractivity contribution >= 4 is 41.1 Å². The highest BCUT2D eigenvalue weighted by molar-refractivity contribution is 5.99. The first-order valence-corrected chi connectivity index (χ1v) is 29.9. The number of Topliss-reactive ketones (excluding diaryl/α,β-unsaturated/α-hetero) is 2. The van der Waals surface area contributed by atoms with E-state index in [1.165, 1.54) is 37.6 Å². The van der Waals surface area contributed by atoms with E-state index >= 15 is 0 Å². The number of nitrogens with two attached hydrogens (primary N) is 2. The molecule has 0 bridgehead atoms. The summed E-state index contributed by atoms with van der Waals surface area (Å²) in [6.45, 7) is 8.27. The van der Waals surface area contributed by atoms with Crippen molar-refractivity contribution in [2.75, 3.05) is 52.6 Å². The topological polar surface area (TPSA) is 415 Å². The number of phenols is 1. The Morgan fingerprint density at radius 2 is 1.37 bits per heavy atom. The van der Waals surface area contributed by atoms with Gasteiger partial charge in [0.15, 0.2) is 5.78 Å². The molecule has 9 unspecified atom stereocenters. The number of amides is 5. The van der Waals surface area contributed by atoms with Crippen LogP contribution in [0.2, 0.25) is 0 Å². The van der Waals surface area contributed by atoms with Gasteiger partial charge in [-0.15, -0.1) is 0 Å². The molecule has 25 heteroatoms. The first-order chi connectivity index (χ1) is 39.5. The number of carbonyl (C=O) groups is 7. The van der Waals surface area contributed by atoms with Crippen LogP contribution < -0.4 is 38.1 Å². The van der Waals surface area contributed by atoms with Gasteiger partial charge >= 0.3 is 0 Å². The van der Waals surface area contributed by atoms with Gasteiger partial charge in [0.25, 0.3) is 0 Å². The molecule has 1 aromatic carbocycles. The van der Waals surface area contributed by atoms with Gasteiger partial charge in [-0.2, -0.15) is 0 Å². The van der Waals surface area contributed by atoms with E-state index in [2.05, 4.69) is 47.4 Å². The van der Waals surface area contributed by atoms with Gasteiger partial charge < -0.3 is 88.0 Å². The van der Waals surface area contributed by atoms with Crippen LogP contribution in [0.15, 0.2) is 24.3 Å². The zero-order valence-electron chi connectivity index (χ0n) is 48.9. The number of nitrogens with one attached hydrogen (secondary N) is 5. The molecule has 2 heterocycles. The Kier molecular flexibility index (Phi) is 30.9. The van der Waals surface area contributed by atoms with E-state index in [0.717, 1.165) is 43.4 Å². The summed E-state index contributed by atoms with van der Waals surface area (Å²) in [4.78, 5) is 103. The number of benzene rings is 1. The third kappa shape index (κ3) is 22.2. The molecule has 17 atom stereocenters. The van der Waals surface area contributed by atoms with Gasteiger partial charge in [-0.25, -0.2) is 0 Å². The normalized spacial score (nSPS) is 28.4. The largest absolute Gasteiger partial charge is 0.508 e. The lowest BCUT2D eigenvalue weighted by molar-refractivity contribution is -0.148. The number of nitrogens with zero attached hydrogens (tertiary/aromatic N) is 1. The number of ketones is 2. The van der Waals surface area contributed by atoms with Crippen LogP contribution in [0.1, 0.15) is 142 Å². The van der Waals surface area contributed by atoms with Gasteiger partial charge in [-0.1, -0.05) is 77.8 Å². The highest BCUT2D eigenvalue weighted by Crippen LogP contribution is 2.38. The molecular weight excluding hydrogens is 1080 g/mol. The second-order valence-corrected chi connectivity index (χ2v) is 23.1. The van der Waals surface area contributed by atoms with Gasteiger partial charge in [0.05, 0.1) is 69.0 Å². The lowest BCUT2D eigenvalue weighted by Gasteiger charge is -2.34. The van der Waals surface area contributed by atoms with Gasteiger partial charge in [0.2, 0.25) is 29.5 Å². The second-order valence-electron chi connectivity index (χ2n) is 23.1. The summed E-state index contributed by atoms with van der Waals surface area (Å²) in [6.07, 6.45) is -7.82. The highest BCUT2D eigenvalue weighted by atomic mass is 16.5. The molecule has 1 aliphatic carbocycles. The molecular formula is C58H98N8O17. The SMILES string of the molecule is CCC(C)CC(C)CCCCCCCCC(=O)N[C@H]1C[C@@H](O)C(NCCOCCOCCN)NC(=O)C2[C@@H](O)CCN2C(=O)C([C@H](O)CCN)NC(=O)C([C@H](O)[C@@H](O)c2ccc(O)cc2)CC(=O)C2C[C@@H](O)CC2C(=O)C([C@@H](C)O)NC1=O. The van der Waals surface area contributed by atoms with Crippen LogP contribution in [-0.2, 0) is 43.0 Å². The number of carbonyl (C=O) groups excluding carboxylic acids is 7. The molecule has 472 valence electrons. The van der Waals surface area contributed by atoms with Gasteiger partial charge in [0, 0.05) is 50.7 Å². The quantitative estimate of drug-likeness (QED) is 0.0419. The fourth-order valence-electron chi connectivity index (χ4n) is 11.4. The Morgan fingerprint density at radius 3 is 2.02 bits per heavy atom. The maximum Gasteiger partial charge on any atom is 0.248 e. The van der Waals surface area contributed by atoms with E-state index in [-0.39, 0.29) is 82.9 Å². The molecule has 2 aliphatic heterocycles. The summed E-state index contributed by atoms with van der Waals surface area (Å²) < 4.78 is 11.0. The first kappa shape index (κ1) is 70.7. The molecule has 17 N–H and O–H groups in total. The van der Waals surface area contributed by atoms with Crippen LogP contribution >= 0.6 is 0 Å². The molecule has 5 amide bonds. The number of aliphatic hydroxyl groups is 7. The maximum atomic E-state index is 14.8. The maximum absolute atomic E-state index is 14.8. The van der Waals surface area contributed by atoms with Crippen LogP contribution in [0.25, 0.3) is 0 Å². The lowest BCUT2D eigenvalue weighted by atomic mass is 9.80. The van der Waals surface area contributed by atoms with Crippen molar-refractivity contribution in [2.45, 2.75) is 203 Å². The number of aliphatic hydroxyl groups excluding tert-OH is 7. The lowest BCUT2D eigenvalue weighted by Crippen LogP contribution is -2.63. The Bertz CT molecular complexity index is 2180. The Morgan fingerprint density at radius 1 is 0.735 bits per heavy atom. The summed E-state index contributed by atoms with van der Waals surface area (Å²) in [6, 6.07) is -2.26. The van der Waals surface area contributed by atoms with E-state index in [0.29, 0.717) is 37.8 Å². The molecule has 25 nitrogen and oxygen atoms in total. The molecule has 1 aromatic rings. The predicted octanol–water partition coefficient (Wildman–Crippen LogP) is -1.19. The van der Waals surface area contributed by atoms with Crippen molar-refractivity contribution < 1.29 is 83.9 Å². The number of hydrogen-bond acceptors (Lipinski definition) is 20. The standard InChI is InChI=1S/C58H98N8O17/c1-5-33(2)28-34(3)12-10-8-6-7-9-11-13-47(74)62-42-32-46(73)54(61-22-25-83-27-26-82-24-21-60)65-57(80)50-44(71)19-23-66(50)58(81)49(43(70)18-20-59)64-55(78)41(53(77)51(75)36-14-16-37(68)17-15-36)31-45(72)39-29-38(69)30-40(39)52(76)48(35(4)67)63-56(42)79/h14-17,33-35,38-44,46,48-51,53-54,61,67-71,73,75,77H,5-13,18-32,59-60H2,1-4H3,(H,62,74)(H,63,79)(H,64,78)(H,65,80)/t33?,34?,35-,38-,39?,40?,41?,42+,43-,44+,46-,48?,49?,50?,51+,53+,54?/m1/s1. The Balaban J connectivity index is 1.75. The van der Waals surface area contributed by atoms with Gasteiger partial charge in [0.1, 0.15) is 48.0 Å². The number of rotatable bonds is 29. The van der Waals surface area contributed by atoms with Crippen LogP contribution in [0.5, 0.6) is 5.75 Å². The van der Waals surface area contributed by atoms with E-state index in [9.17, 15) is 74.4 Å². The second kappa shape index (κ2) is 36.3. The van der Waals surface area contributed by atoms with Crippen molar-refractivity contribution in [3.05, 3.63) is 29.8 Å². The molecule has 0 radical (unpaired) electrons. The number of ether oxygens (including phenoxy) is 2. The van der Waals surface area contributed by atoms with Crippen molar-refractivity contribution in [3.63, 3.8) is 0 Å². The zero-order valence-corrected chi connectivity index (χ0v) is 48.9. The van der Waals surface area contributed by atoms with E-state index in [1.54, 1.807) is 0 Å². The Labute approximate surface area is 487 Å². The predicted molar refractivity (Wildman–Crippen MR) is 304 cm³/mol. The smallest absolute Gasteiger partial charge is 0.248 e. The van der Waals surface area contributed by atoms with Crippen LogP contribution in [-0.4, -0.2) is 206 Å². The molecule has 3 fully saturated rings. The van der Waals surface area contributed by atoms with Crippen LogP contribution in [0.4, 0.5) is 0 Å². The van der Waals surface area contributed by atoms with E-state index < -0.39 is 145 Å². The molecule has 1 saturated carbocycles. The van der Waals surface area contributed by atoms with Crippen LogP contribution in [0, 0.1) is 29.6 Å². The van der Waals surface area contributed by atoms with Crippen molar-refractivity contribution in [3.8, 4) is 5.75 Å². The zero-order chi connectivity index (χ0) is 61.3. The average Bonchev–Trinajstić information content (AvgIpc) is 3.58.